The van der Waals surface area contributed by atoms with E-state index in [9.17, 15) is 18.9 Å². The second-order valence-electron chi connectivity index (χ2n) is 3.97. The number of nitrogens with one attached hydrogen (secondary N) is 2. The molecule has 0 heterocycles. The molecule has 0 aliphatic rings. The average molecular weight is 359 g/mol. The summed E-state index contributed by atoms with van der Waals surface area (Å²) in [6.07, 6.45) is 0. The van der Waals surface area contributed by atoms with Crippen LogP contribution in [0.25, 0.3) is 0 Å². The molecule has 0 radical (unpaired) electrons. The van der Waals surface area contributed by atoms with E-state index in [1.165, 1.54) is 18.2 Å². The first-order valence-electron chi connectivity index (χ1n) is 5.59. The Hall–Kier alpha value is -2.26. The third-order valence-corrected chi connectivity index (χ3v) is 3.26. The van der Waals surface area contributed by atoms with Gasteiger partial charge in [0.2, 0.25) is 0 Å². The van der Waals surface area contributed by atoms with Crippen molar-refractivity contribution < 1.29 is 13.7 Å². The number of nitro groups is 1. The molecule has 2 aromatic rings. The lowest BCUT2D eigenvalue weighted by Gasteiger charge is -2.11. The molecular formula is C12H9BrF2N4O2. The molecule has 0 saturated heterocycles. The van der Waals surface area contributed by atoms with E-state index in [-0.39, 0.29) is 27.2 Å². The van der Waals surface area contributed by atoms with Gasteiger partial charge in [0.15, 0.2) is 0 Å². The summed E-state index contributed by atoms with van der Waals surface area (Å²) in [6, 6.07) is 6.05. The summed E-state index contributed by atoms with van der Waals surface area (Å²) >= 11 is 2.85. The highest BCUT2D eigenvalue weighted by molar-refractivity contribution is 9.10. The molecule has 0 saturated carbocycles. The van der Waals surface area contributed by atoms with E-state index >= 15 is 0 Å². The normalized spacial score (nSPS) is 10.3. The molecule has 110 valence electrons. The third kappa shape index (κ3) is 3.09. The number of para-hydroxylation sites is 1. The number of nitrogens with two attached hydrogens (primary N) is 1. The molecule has 0 atom stereocenters. The van der Waals surface area contributed by atoms with E-state index in [1.54, 1.807) is 0 Å². The minimum Gasteiger partial charge on any atom is -0.347 e. The third-order valence-electron chi connectivity index (χ3n) is 2.65. The summed E-state index contributed by atoms with van der Waals surface area (Å²) in [5.74, 6) is 3.74. The van der Waals surface area contributed by atoms with Crippen molar-refractivity contribution in [3.8, 4) is 0 Å². The number of hydrazine groups is 1. The first-order chi connectivity index (χ1) is 9.93. The Balaban J connectivity index is 2.49. The number of anilines is 3. The van der Waals surface area contributed by atoms with Crippen LogP contribution in [0.2, 0.25) is 0 Å². The zero-order chi connectivity index (χ0) is 15.6. The lowest BCUT2D eigenvalue weighted by atomic mass is 10.2. The molecule has 0 bridgehead atoms. The predicted molar refractivity (Wildman–Crippen MR) is 78.2 cm³/mol. The highest BCUT2D eigenvalue weighted by Crippen LogP contribution is 2.35. The zero-order valence-electron chi connectivity index (χ0n) is 10.4. The number of rotatable bonds is 4. The van der Waals surface area contributed by atoms with Crippen LogP contribution in [0.3, 0.4) is 0 Å². The second kappa shape index (κ2) is 6.02. The monoisotopic (exact) mass is 358 g/mol. The van der Waals surface area contributed by atoms with Gasteiger partial charge in [0.1, 0.15) is 23.0 Å². The van der Waals surface area contributed by atoms with Gasteiger partial charge in [-0.25, -0.2) is 8.78 Å². The van der Waals surface area contributed by atoms with Crippen molar-refractivity contribution >= 4 is 38.7 Å². The van der Waals surface area contributed by atoms with Gasteiger partial charge < -0.3 is 10.7 Å². The smallest absolute Gasteiger partial charge is 0.316 e. The molecule has 0 amide bonds. The van der Waals surface area contributed by atoms with Crippen LogP contribution in [-0.2, 0) is 0 Å². The molecule has 2 aromatic carbocycles. The van der Waals surface area contributed by atoms with Crippen molar-refractivity contribution in [3.05, 3.63) is 56.6 Å². The second-order valence-corrected chi connectivity index (χ2v) is 4.83. The summed E-state index contributed by atoms with van der Waals surface area (Å²) in [5, 5.41) is 13.6. The Morgan fingerprint density at radius 3 is 2.43 bits per heavy atom. The van der Waals surface area contributed by atoms with E-state index in [1.807, 2.05) is 0 Å². The van der Waals surface area contributed by atoms with Crippen molar-refractivity contribution in [2.45, 2.75) is 0 Å². The molecule has 9 heteroatoms. The predicted octanol–water partition coefficient (Wildman–Crippen LogP) is 3.66. The Morgan fingerprint density at radius 2 is 1.81 bits per heavy atom. The fourth-order valence-electron chi connectivity index (χ4n) is 1.72. The van der Waals surface area contributed by atoms with E-state index < -0.39 is 16.6 Å². The molecule has 4 N–H and O–H groups in total. The van der Waals surface area contributed by atoms with Crippen LogP contribution in [0.15, 0.2) is 34.8 Å². The highest BCUT2D eigenvalue weighted by atomic mass is 79.9. The van der Waals surface area contributed by atoms with Crippen molar-refractivity contribution in [1.29, 1.82) is 0 Å². The maximum absolute atomic E-state index is 13.8. The van der Waals surface area contributed by atoms with Gasteiger partial charge in [-0.3, -0.25) is 16.0 Å². The SMILES string of the molecule is NNc1cccc(Nc2cc(F)c(Br)cc2F)c1[N+](=O)[O-]. The molecule has 0 unspecified atom stereocenters. The van der Waals surface area contributed by atoms with Gasteiger partial charge in [-0.1, -0.05) is 6.07 Å². The Morgan fingerprint density at radius 1 is 1.14 bits per heavy atom. The molecule has 21 heavy (non-hydrogen) atoms. The van der Waals surface area contributed by atoms with Gasteiger partial charge in [0, 0.05) is 6.07 Å². The fraction of sp³-hybridized carbons (Fsp3) is 0. The van der Waals surface area contributed by atoms with Crippen LogP contribution >= 0.6 is 15.9 Å². The van der Waals surface area contributed by atoms with Crippen molar-refractivity contribution in [2.24, 2.45) is 5.84 Å². The van der Waals surface area contributed by atoms with Gasteiger partial charge >= 0.3 is 5.69 Å². The number of hydrogen-bond acceptors (Lipinski definition) is 5. The summed E-state index contributed by atoms with van der Waals surface area (Å²) in [4.78, 5) is 10.4. The van der Waals surface area contributed by atoms with E-state index in [0.29, 0.717) is 0 Å². The lowest BCUT2D eigenvalue weighted by Crippen LogP contribution is -2.10. The largest absolute Gasteiger partial charge is 0.347 e. The maximum Gasteiger partial charge on any atom is 0.316 e. The van der Waals surface area contributed by atoms with Gasteiger partial charge in [-0.15, -0.1) is 0 Å². The standard InChI is InChI=1S/C12H9BrF2N4O2/c13-6-4-8(15)11(5-7(6)14)17-9-2-1-3-10(18-16)12(9)19(20)21/h1-5,17-18H,16H2. The maximum atomic E-state index is 13.8. The number of nitrogen functional groups attached to an aromatic ring is 1. The quantitative estimate of drug-likeness (QED) is 0.335. The first kappa shape index (κ1) is 15.1. The van der Waals surface area contributed by atoms with Gasteiger partial charge in [0.05, 0.1) is 15.1 Å². The van der Waals surface area contributed by atoms with Crippen molar-refractivity contribution in [1.82, 2.24) is 0 Å². The average Bonchev–Trinajstić information content (AvgIpc) is 2.44. The van der Waals surface area contributed by atoms with E-state index in [0.717, 1.165) is 12.1 Å². The fourth-order valence-corrected chi connectivity index (χ4v) is 2.04. The number of halogens is 3. The number of nitro benzene ring substituents is 1. The Labute approximate surface area is 126 Å². The van der Waals surface area contributed by atoms with Crippen LogP contribution in [-0.4, -0.2) is 4.92 Å². The topological polar surface area (TPSA) is 93.2 Å². The zero-order valence-corrected chi connectivity index (χ0v) is 11.9. The van der Waals surface area contributed by atoms with Gasteiger partial charge in [-0.2, -0.15) is 0 Å². The number of hydrogen-bond donors (Lipinski definition) is 3. The van der Waals surface area contributed by atoms with Crippen molar-refractivity contribution in [2.75, 3.05) is 10.7 Å². The summed E-state index contributed by atoms with van der Waals surface area (Å²) in [5.41, 5.74) is 1.61. The van der Waals surface area contributed by atoms with Crippen LogP contribution < -0.4 is 16.6 Å². The highest BCUT2D eigenvalue weighted by Gasteiger charge is 2.20. The van der Waals surface area contributed by atoms with Crippen molar-refractivity contribution in [3.63, 3.8) is 0 Å². The number of benzene rings is 2. The minimum atomic E-state index is -0.760. The van der Waals surface area contributed by atoms with Crippen LogP contribution in [0.4, 0.5) is 31.5 Å². The molecule has 0 fully saturated rings. The molecule has 6 nitrogen and oxygen atoms in total. The number of nitrogens with zero attached hydrogens (tertiary/aromatic N) is 1. The summed E-state index contributed by atoms with van der Waals surface area (Å²) in [6.45, 7) is 0. The lowest BCUT2D eigenvalue weighted by molar-refractivity contribution is -0.383. The van der Waals surface area contributed by atoms with Crippen LogP contribution in [0, 0.1) is 21.7 Å². The Kier molecular flexibility index (Phi) is 4.34. The van der Waals surface area contributed by atoms with Gasteiger partial charge in [0.25, 0.3) is 0 Å². The molecular weight excluding hydrogens is 350 g/mol. The van der Waals surface area contributed by atoms with E-state index in [2.05, 4.69) is 26.7 Å². The van der Waals surface area contributed by atoms with Crippen LogP contribution in [0.5, 0.6) is 0 Å². The van der Waals surface area contributed by atoms with Crippen LogP contribution in [0.1, 0.15) is 0 Å². The first-order valence-corrected chi connectivity index (χ1v) is 6.39. The minimum absolute atomic E-state index is 0.0175. The van der Waals surface area contributed by atoms with E-state index in [4.69, 9.17) is 5.84 Å². The Bertz CT molecular complexity index is 712. The summed E-state index contributed by atoms with van der Waals surface area (Å²) in [7, 11) is 0. The molecule has 0 aromatic heterocycles. The molecule has 0 aliphatic heterocycles. The molecule has 0 aliphatic carbocycles. The summed E-state index contributed by atoms with van der Waals surface area (Å²) < 4.78 is 27.2. The molecule has 0 spiro atoms. The van der Waals surface area contributed by atoms with Gasteiger partial charge in [-0.05, 0) is 34.1 Å². The molecule has 2 rings (SSSR count).